The number of hydrogen-bond acceptors (Lipinski definition) is 4. The number of thiophene rings is 1. The van der Waals surface area contributed by atoms with Gasteiger partial charge >= 0.3 is 6.09 Å². The van der Waals surface area contributed by atoms with Crippen LogP contribution in [0.4, 0.5) is 4.79 Å². The molecule has 2 rings (SSSR count). The van der Waals surface area contributed by atoms with E-state index in [0.717, 1.165) is 16.0 Å². The van der Waals surface area contributed by atoms with E-state index in [1.807, 2.05) is 41.8 Å². The number of nitrogens with one attached hydrogen (secondary N) is 1. The van der Waals surface area contributed by atoms with E-state index in [1.165, 1.54) is 0 Å². The van der Waals surface area contributed by atoms with E-state index in [0.29, 0.717) is 13.1 Å². The van der Waals surface area contributed by atoms with Gasteiger partial charge in [0.1, 0.15) is 6.61 Å². The summed E-state index contributed by atoms with van der Waals surface area (Å²) in [6, 6.07) is 11.6. The van der Waals surface area contributed by atoms with Crippen LogP contribution in [0.1, 0.15) is 16.0 Å². The van der Waals surface area contributed by atoms with Crippen molar-refractivity contribution in [2.75, 3.05) is 0 Å². The number of hydrogen-bond donors (Lipinski definition) is 2. The highest BCUT2D eigenvalue weighted by molar-refractivity contribution is 7.10. The second kappa shape index (κ2) is 6.92. The number of nitrogens with two attached hydrogens (primary N) is 1. The fourth-order valence-corrected chi connectivity index (χ4v) is 2.49. The lowest BCUT2D eigenvalue weighted by Gasteiger charge is -2.07. The molecule has 100 valence electrons. The summed E-state index contributed by atoms with van der Waals surface area (Å²) in [5, 5.41) is 4.69. The first-order valence-electron chi connectivity index (χ1n) is 5.99. The minimum atomic E-state index is -0.416. The maximum absolute atomic E-state index is 11.6. The smallest absolute Gasteiger partial charge is 0.407 e. The second-order valence-electron chi connectivity index (χ2n) is 3.99. The van der Waals surface area contributed by atoms with Gasteiger partial charge in [-0.3, -0.25) is 0 Å². The summed E-state index contributed by atoms with van der Waals surface area (Å²) >= 11 is 1.58. The Morgan fingerprint density at radius 3 is 2.79 bits per heavy atom. The van der Waals surface area contributed by atoms with Crippen LogP contribution in [0.3, 0.4) is 0 Å². The first-order chi connectivity index (χ1) is 9.29. The van der Waals surface area contributed by atoms with Gasteiger partial charge in [0, 0.05) is 11.4 Å². The molecule has 0 radical (unpaired) electrons. The van der Waals surface area contributed by atoms with Crippen molar-refractivity contribution in [3.05, 3.63) is 57.8 Å². The van der Waals surface area contributed by atoms with Gasteiger partial charge in [-0.2, -0.15) is 0 Å². The Morgan fingerprint density at radius 1 is 1.26 bits per heavy atom. The van der Waals surface area contributed by atoms with Gasteiger partial charge in [-0.15, -0.1) is 11.3 Å². The summed E-state index contributed by atoms with van der Waals surface area (Å²) in [6.07, 6.45) is -0.416. The molecule has 3 N–H and O–H groups in total. The minimum Gasteiger partial charge on any atom is -0.445 e. The molecule has 1 aromatic heterocycles. The van der Waals surface area contributed by atoms with Crippen molar-refractivity contribution in [1.82, 2.24) is 5.32 Å². The van der Waals surface area contributed by atoms with E-state index in [2.05, 4.69) is 5.32 Å². The first-order valence-corrected chi connectivity index (χ1v) is 6.87. The maximum atomic E-state index is 11.6. The highest BCUT2D eigenvalue weighted by Gasteiger charge is 2.06. The molecule has 4 nitrogen and oxygen atoms in total. The summed E-state index contributed by atoms with van der Waals surface area (Å²) in [7, 11) is 0. The third-order valence-electron chi connectivity index (χ3n) is 2.66. The van der Waals surface area contributed by atoms with Gasteiger partial charge in [0.15, 0.2) is 0 Å². The number of carbonyl (C=O) groups is 1. The fraction of sp³-hybridized carbons (Fsp3) is 0.214. The molecule has 0 saturated heterocycles. The zero-order valence-electron chi connectivity index (χ0n) is 10.5. The lowest BCUT2D eigenvalue weighted by Crippen LogP contribution is -2.23. The summed E-state index contributed by atoms with van der Waals surface area (Å²) in [5.41, 5.74) is 7.63. The molecule has 5 heteroatoms. The average molecular weight is 276 g/mol. The molecule has 0 aliphatic heterocycles. The standard InChI is InChI=1S/C14H16N2O2S/c15-8-12-6-7-19-13(12)9-16-14(17)18-10-11-4-2-1-3-5-11/h1-7H,8-10,15H2,(H,16,17). The van der Waals surface area contributed by atoms with Crippen molar-refractivity contribution in [1.29, 1.82) is 0 Å². The maximum Gasteiger partial charge on any atom is 0.407 e. The molecule has 19 heavy (non-hydrogen) atoms. The summed E-state index contributed by atoms with van der Waals surface area (Å²) in [5.74, 6) is 0. The SMILES string of the molecule is NCc1ccsc1CNC(=O)OCc1ccccc1. The monoisotopic (exact) mass is 276 g/mol. The second-order valence-corrected chi connectivity index (χ2v) is 4.99. The Morgan fingerprint density at radius 2 is 2.05 bits per heavy atom. The Hall–Kier alpha value is -1.85. The van der Waals surface area contributed by atoms with Gasteiger partial charge in [0.25, 0.3) is 0 Å². The van der Waals surface area contributed by atoms with Crippen molar-refractivity contribution >= 4 is 17.4 Å². The molecule has 0 atom stereocenters. The van der Waals surface area contributed by atoms with Gasteiger partial charge in [-0.25, -0.2) is 4.79 Å². The van der Waals surface area contributed by atoms with E-state index >= 15 is 0 Å². The highest BCUT2D eigenvalue weighted by atomic mass is 32.1. The van der Waals surface area contributed by atoms with Crippen LogP contribution in [0.5, 0.6) is 0 Å². The Kier molecular flexibility index (Phi) is 4.94. The predicted octanol–water partition coefficient (Wildman–Crippen LogP) is 2.63. The topological polar surface area (TPSA) is 64.3 Å². The largest absolute Gasteiger partial charge is 0.445 e. The van der Waals surface area contributed by atoms with Gasteiger partial charge in [0.2, 0.25) is 0 Å². The van der Waals surface area contributed by atoms with Crippen LogP contribution >= 0.6 is 11.3 Å². The number of benzene rings is 1. The zero-order valence-corrected chi connectivity index (χ0v) is 11.3. The first kappa shape index (κ1) is 13.6. The third-order valence-corrected chi connectivity index (χ3v) is 3.63. The van der Waals surface area contributed by atoms with Crippen LogP contribution in [0.15, 0.2) is 41.8 Å². The quantitative estimate of drug-likeness (QED) is 0.882. The van der Waals surface area contributed by atoms with Gasteiger partial charge in [0.05, 0.1) is 6.54 Å². The molecular formula is C14H16N2O2S. The minimum absolute atomic E-state index is 0.279. The number of rotatable bonds is 5. The molecule has 1 amide bonds. The molecule has 0 bridgehead atoms. The van der Waals surface area contributed by atoms with Crippen LogP contribution in [-0.4, -0.2) is 6.09 Å². The zero-order chi connectivity index (χ0) is 13.5. The highest BCUT2D eigenvalue weighted by Crippen LogP contribution is 2.15. The molecule has 0 aliphatic carbocycles. The predicted molar refractivity (Wildman–Crippen MR) is 75.7 cm³/mol. The molecule has 2 aromatic rings. The van der Waals surface area contributed by atoms with E-state index in [4.69, 9.17) is 10.5 Å². The number of carbonyl (C=O) groups excluding carboxylic acids is 1. The van der Waals surface area contributed by atoms with E-state index in [1.54, 1.807) is 11.3 Å². The summed E-state index contributed by atoms with van der Waals surface area (Å²) < 4.78 is 5.12. The number of ether oxygens (including phenoxy) is 1. The molecule has 0 aliphatic rings. The molecular weight excluding hydrogens is 260 g/mol. The van der Waals surface area contributed by atoms with Crippen molar-refractivity contribution in [3.8, 4) is 0 Å². The van der Waals surface area contributed by atoms with Crippen LogP contribution < -0.4 is 11.1 Å². The number of amides is 1. The molecule has 1 heterocycles. The molecule has 0 saturated carbocycles. The van der Waals surface area contributed by atoms with E-state index < -0.39 is 6.09 Å². The Labute approximate surface area is 116 Å². The lowest BCUT2D eigenvalue weighted by molar-refractivity contribution is 0.139. The van der Waals surface area contributed by atoms with Gasteiger partial charge < -0.3 is 15.8 Å². The molecule has 1 aromatic carbocycles. The Balaban J connectivity index is 1.76. The normalized spacial score (nSPS) is 10.2. The van der Waals surface area contributed by atoms with Gasteiger partial charge in [-0.05, 0) is 22.6 Å². The van der Waals surface area contributed by atoms with Gasteiger partial charge in [-0.1, -0.05) is 30.3 Å². The Bertz CT molecular complexity index is 525. The summed E-state index contributed by atoms with van der Waals surface area (Å²) in [6.45, 7) is 1.22. The fourth-order valence-electron chi connectivity index (χ4n) is 1.63. The van der Waals surface area contributed by atoms with E-state index in [-0.39, 0.29) is 6.61 Å². The van der Waals surface area contributed by atoms with Crippen molar-refractivity contribution < 1.29 is 9.53 Å². The van der Waals surface area contributed by atoms with Crippen LogP contribution in [0.25, 0.3) is 0 Å². The third kappa shape index (κ3) is 4.08. The van der Waals surface area contributed by atoms with Crippen molar-refractivity contribution in [3.63, 3.8) is 0 Å². The molecule has 0 fully saturated rings. The summed E-state index contributed by atoms with van der Waals surface area (Å²) in [4.78, 5) is 12.6. The lowest BCUT2D eigenvalue weighted by atomic mass is 10.2. The van der Waals surface area contributed by atoms with E-state index in [9.17, 15) is 4.79 Å². The van der Waals surface area contributed by atoms with Crippen LogP contribution in [-0.2, 0) is 24.4 Å². The average Bonchev–Trinajstić information content (AvgIpc) is 2.91. The molecule has 0 spiro atoms. The number of alkyl carbamates (subject to hydrolysis) is 1. The van der Waals surface area contributed by atoms with Crippen LogP contribution in [0.2, 0.25) is 0 Å². The van der Waals surface area contributed by atoms with Crippen LogP contribution in [0, 0.1) is 0 Å². The van der Waals surface area contributed by atoms with Crippen molar-refractivity contribution in [2.24, 2.45) is 5.73 Å². The van der Waals surface area contributed by atoms with Crippen molar-refractivity contribution in [2.45, 2.75) is 19.7 Å². The molecule has 0 unspecified atom stereocenters.